The first-order valence-corrected chi connectivity index (χ1v) is 15.6. The number of carbonyl (C=O) groups is 4. The van der Waals surface area contributed by atoms with E-state index in [2.05, 4.69) is 13.2 Å². The minimum atomic E-state index is -0.477. The summed E-state index contributed by atoms with van der Waals surface area (Å²) < 4.78 is 32.5. The highest BCUT2D eigenvalue weighted by atomic mass is 16.6. The molecule has 1 aromatic carbocycles. The standard InChI is InChI=1S/C34H46O10/c1-3-31(35)39-19-5-21-41-33(37)27-11-7-25(8-12-27)23-43-29-15-17-30(18-16-29)44-24-26-9-13-28(14-10-26)34(38)42-22-6-20-40-32(36)4-2/h3-4,15-18,25-28H,1-2,5-14,19-24H2. The van der Waals surface area contributed by atoms with Gasteiger partial charge in [0.15, 0.2) is 0 Å². The van der Waals surface area contributed by atoms with Crippen LogP contribution in [0.1, 0.15) is 64.2 Å². The van der Waals surface area contributed by atoms with Crippen molar-refractivity contribution >= 4 is 23.9 Å². The van der Waals surface area contributed by atoms with E-state index in [0.29, 0.717) is 37.9 Å². The van der Waals surface area contributed by atoms with Gasteiger partial charge in [-0.2, -0.15) is 0 Å². The molecule has 0 aliphatic heterocycles. The maximum absolute atomic E-state index is 12.3. The van der Waals surface area contributed by atoms with Crippen LogP contribution in [0, 0.1) is 23.7 Å². The SMILES string of the molecule is C=CC(=O)OCCCOC(=O)C1CCC(COc2ccc(OCC3CCC(C(=O)OCCCOC(=O)C=C)CC3)cc2)CC1. The van der Waals surface area contributed by atoms with Crippen LogP contribution in [0.4, 0.5) is 0 Å². The molecule has 3 rings (SSSR count). The van der Waals surface area contributed by atoms with Gasteiger partial charge in [0.2, 0.25) is 0 Å². The summed E-state index contributed by atoms with van der Waals surface area (Å²) >= 11 is 0. The number of rotatable bonds is 18. The molecule has 0 amide bonds. The molecule has 0 saturated heterocycles. The highest BCUT2D eigenvalue weighted by molar-refractivity contribution is 5.81. The number of carbonyl (C=O) groups excluding carboxylic acids is 4. The zero-order chi connectivity index (χ0) is 31.6. The predicted octanol–water partition coefficient (Wildman–Crippen LogP) is 5.38. The van der Waals surface area contributed by atoms with E-state index >= 15 is 0 Å². The molecular weight excluding hydrogens is 568 g/mol. The van der Waals surface area contributed by atoms with Crippen LogP contribution in [0.2, 0.25) is 0 Å². The average molecular weight is 615 g/mol. The van der Waals surface area contributed by atoms with Crippen molar-refractivity contribution in [2.24, 2.45) is 23.7 Å². The third-order valence-electron chi connectivity index (χ3n) is 8.04. The second kappa shape index (κ2) is 19.5. The quantitative estimate of drug-likeness (QED) is 0.0921. The molecule has 0 spiro atoms. The second-order valence-electron chi connectivity index (χ2n) is 11.3. The Kier molecular flexibility index (Phi) is 15.3. The fraction of sp³-hybridized carbons (Fsp3) is 0.588. The minimum Gasteiger partial charge on any atom is -0.493 e. The zero-order valence-corrected chi connectivity index (χ0v) is 25.6. The lowest BCUT2D eigenvalue weighted by Gasteiger charge is -2.27. The van der Waals surface area contributed by atoms with Crippen molar-refractivity contribution in [3.05, 3.63) is 49.6 Å². The first kappa shape index (κ1) is 34.7. The summed E-state index contributed by atoms with van der Waals surface area (Å²) in [5.41, 5.74) is 0. The molecule has 0 unspecified atom stereocenters. The van der Waals surface area contributed by atoms with Crippen LogP contribution in [0.5, 0.6) is 11.5 Å². The van der Waals surface area contributed by atoms with Gasteiger partial charge in [-0.1, -0.05) is 13.2 Å². The fourth-order valence-electron chi connectivity index (χ4n) is 5.35. The Morgan fingerprint density at radius 2 is 0.909 bits per heavy atom. The van der Waals surface area contributed by atoms with Gasteiger partial charge in [-0.25, -0.2) is 9.59 Å². The third kappa shape index (κ3) is 12.8. The number of hydrogen-bond acceptors (Lipinski definition) is 10. The number of benzene rings is 1. The number of ether oxygens (including phenoxy) is 6. The van der Waals surface area contributed by atoms with Crippen molar-refractivity contribution in [3.63, 3.8) is 0 Å². The molecule has 2 fully saturated rings. The van der Waals surface area contributed by atoms with Crippen molar-refractivity contribution in [1.82, 2.24) is 0 Å². The lowest BCUT2D eigenvalue weighted by molar-refractivity contribution is -0.152. The van der Waals surface area contributed by atoms with Crippen LogP contribution in [-0.2, 0) is 38.1 Å². The monoisotopic (exact) mass is 614 g/mol. The highest BCUT2D eigenvalue weighted by Gasteiger charge is 2.29. The first-order valence-electron chi connectivity index (χ1n) is 15.6. The molecular formula is C34H46O10. The maximum Gasteiger partial charge on any atom is 0.330 e. The molecule has 0 aromatic heterocycles. The van der Waals surface area contributed by atoms with Gasteiger partial charge >= 0.3 is 23.9 Å². The predicted molar refractivity (Wildman–Crippen MR) is 162 cm³/mol. The third-order valence-corrected chi connectivity index (χ3v) is 8.04. The highest BCUT2D eigenvalue weighted by Crippen LogP contribution is 2.32. The van der Waals surface area contributed by atoms with Crippen molar-refractivity contribution < 1.29 is 47.6 Å². The maximum atomic E-state index is 12.3. The Morgan fingerprint density at radius 3 is 1.25 bits per heavy atom. The Hall–Kier alpha value is -3.82. The fourth-order valence-corrected chi connectivity index (χ4v) is 5.35. The Balaban J connectivity index is 1.23. The van der Waals surface area contributed by atoms with Crippen LogP contribution >= 0.6 is 0 Å². The summed E-state index contributed by atoms with van der Waals surface area (Å²) in [4.78, 5) is 46.7. The topological polar surface area (TPSA) is 124 Å². The summed E-state index contributed by atoms with van der Waals surface area (Å²) in [5, 5.41) is 0. The van der Waals surface area contributed by atoms with E-state index in [0.717, 1.165) is 75.0 Å². The number of hydrogen-bond donors (Lipinski definition) is 0. The van der Waals surface area contributed by atoms with Gasteiger partial charge < -0.3 is 28.4 Å². The Morgan fingerprint density at radius 1 is 0.568 bits per heavy atom. The molecule has 0 bridgehead atoms. The molecule has 0 atom stereocenters. The van der Waals surface area contributed by atoms with Crippen LogP contribution < -0.4 is 9.47 Å². The summed E-state index contributed by atoms with van der Waals surface area (Å²) in [6.07, 6.45) is 9.91. The Labute approximate surface area is 260 Å². The summed E-state index contributed by atoms with van der Waals surface area (Å²) in [7, 11) is 0. The Bertz CT molecular complexity index is 981. The van der Waals surface area contributed by atoms with Gasteiger partial charge in [-0.15, -0.1) is 0 Å². The molecule has 242 valence electrons. The minimum absolute atomic E-state index is 0.0886. The molecule has 2 saturated carbocycles. The van der Waals surface area contributed by atoms with Crippen molar-refractivity contribution in [1.29, 1.82) is 0 Å². The van der Waals surface area contributed by atoms with Gasteiger partial charge in [0.1, 0.15) is 11.5 Å². The molecule has 10 heteroatoms. The van der Waals surface area contributed by atoms with E-state index in [1.54, 1.807) is 0 Å². The molecule has 1 aromatic rings. The second-order valence-corrected chi connectivity index (χ2v) is 11.3. The summed E-state index contributed by atoms with van der Waals surface area (Å²) in [6.45, 7) is 8.77. The molecule has 0 heterocycles. The van der Waals surface area contributed by atoms with Crippen LogP contribution in [-0.4, -0.2) is 63.5 Å². The van der Waals surface area contributed by atoms with Crippen molar-refractivity contribution in [2.45, 2.75) is 64.2 Å². The van der Waals surface area contributed by atoms with E-state index in [4.69, 9.17) is 28.4 Å². The van der Waals surface area contributed by atoms with Gasteiger partial charge in [0, 0.05) is 25.0 Å². The smallest absolute Gasteiger partial charge is 0.330 e. The lowest BCUT2D eigenvalue weighted by Crippen LogP contribution is -2.26. The van der Waals surface area contributed by atoms with Gasteiger partial charge in [-0.05, 0) is 87.5 Å². The van der Waals surface area contributed by atoms with E-state index in [1.165, 1.54) is 0 Å². The van der Waals surface area contributed by atoms with Crippen molar-refractivity contribution in [3.8, 4) is 11.5 Å². The van der Waals surface area contributed by atoms with Crippen LogP contribution in [0.15, 0.2) is 49.6 Å². The average Bonchev–Trinajstić information content (AvgIpc) is 3.06. The van der Waals surface area contributed by atoms with Gasteiger partial charge in [0.25, 0.3) is 0 Å². The number of esters is 4. The van der Waals surface area contributed by atoms with Crippen LogP contribution in [0.3, 0.4) is 0 Å². The van der Waals surface area contributed by atoms with E-state index in [1.807, 2.05) is 24.3 Å². The molecule has 10 nitrogen and oxygen atoms in total. The lowest BCUT2D eigenvalue weighted by atomic mass is 9.82. The molecule has 0 radical (unpaired) electrons. The van der Waals surface area contributed by atoms with Gasteiger partial charge in [-0.3, -0.25) is 9.59 Å². The largest absolute Gasteiger partial charge is 0.493 e. The zero-order valence-electron chi connectivity index (χ0n) is 25.6. The van der Waals surface area contributed by atoms with Crippen LogP contribution in [0.25, 0.3) is 0 Å². The van der Waals surface area contributed by atoms with Gasteiger partial charge in [0.05, 0.1) is 51.5 Å². The van der Waals surface area contributed by atoms with E-state index in [9.17, 15) is 19.2 Å². The normalized spacial score (nSPS) is 21.3. The first-order chi connectivity index (χ1) is 21.4. The molecule has 0 N–H and O–H groups in total. The van der Waals surface area contributed by atoms with E-state index < -0.39 is 11.9 Å². The summed E-state index contributed by atoms with van der Waals surface area (Å²) in [5.74, 6) is 0.867. The molecule has 2 aliphatic rings. The molecule has 2 aliphatic carbocycles. The summed E-state index contributed by atoms with van der Waals surface area (Å²) in [6, 6.07) is 7.65. The van der Waals surface area contributed by atoms with E-state index in [-0.39, 0.29) is 50.2 Å². The molecule has 44 heavy (non-hydrogen) atoms. The van der Waals surface area contributed by atoms with Crippen molar-refractivity contribution in [2.75, 3.05) is 39.6 Å².